The first-order valence-corrected chi connectivity index (χ1v) is 7.46. The number of hydrogen-bond donors (Lipinski definition) is 1. The highest BCUT2D eigenvalue weighted by Crippen LogP contribution is 2.37. The average Bonchev–Trinajstić information content (AvgIpc) is 2.91. The third-order valence-electron chi connectivity index (χ3n) is 4.53. The Morgan fingerprint density at radius 3 is 2.65 bits per heavy atom. The van der Waals surface area contributed by atoms with Crippen molar-refractivity contribution in [2.45, 2.75) is 43.7 Å². The van der Waals surface area contributed by atoms with Gasteiger partial charge in [0, 0.05) is 31.5 Å². The van der Waals surface area contributed by atoms with Gasteiger partial charge in [-0.2, -0.15) is 0 Å². The van der Waals surface area contributed by atoms with Gasteiger partial charge in [-0.25, -0.2) is 0 Å². The van der Waals surface area contributed by atoms with Gasteiger partial charge in [0.2, 0.25) is 0 Å². The van der Waals surface area contributed by atoms with Crippen molar-refractivity contribution in [3.05, 3.63) is 35.9 Å². The maximum atomic E-state index is 6.33. The fourth-order valence-corrected chi connectivity index (χ4v) is 3.38. The van der Waals surface area contributed by atoms with Gasteiger partial charge in [-0.1, -0.05) is 30.3 Å². The van der Waals surface area contributed by atoms with Crippen molar-refractivity contribution in [2.24, 2.45) is 5.73 Å². The van der Waals surface area contributed by atoms with Crippen LogP contribution in [0.15, 0.2) is 30.3 Å². The second kappa shape index (κ2) is 5.82. The standard InChI is InChI=1S/C16H24N2O2/c1-18(12-13-5-3-2-4-6-13)15-11-16(8-7-14(15)17)19-9-10-20-16/h2-6,14-15H,7-12,17H2,1H3/t14-,15-/m0/s1. The highest BCUT2D eigenvalue weighted by atomic mass is 16.7. The van der Waals surface area contributed by atoms with Crippen LogP contribution in [0.3, 0.4) is 0 Å². The van der Waals surface area contributed by atoms with Crippen molar-refractivity contribution in [1.29, 1.82) is 0 Å². The lowest BCUT2D eigenvalue weighted by molar-refractivity contribution is -0.191. The first-order chi connectivity index (χ1) is 9.69. The van der Waals surface area contributed by atoms with E-state index in [1.807, 2.05) is 6.07 Å². The second-order valence-corrected chi connectivity index (χ2v) is 5.98. The number of nitrogens with zero attached hydrogens (tertiary/aromatic N) is 1. The highest BCUT2D eigenvalue weighted by molar-refractivity contribution is 5.14. The van der Waals surface area contributed by atoms with Crippen molar-refractivity contribution in [3.8, 4) is 0 Å². The molecule has 0 unspecified atom stereocenters. The van der Waals surface area contributed by atoms with E-state index >= 15 is 0 Å². The minimum atomic E-state index is -0.370. The predicted molar refractivity (Wildman–Crippen MR) is 78.2 cm³/mol. The third kappa shape index (κ3) is 2.88. The van der Waals surface area contributed by atoms with E-state index in [-0.39, 0.29) is 11.8 Å². The van der Waals surface area contributed by atoms with Gasteiger partial charge in [-0.15, -0.1) is 0 Å². The number of hydrogen-bond acceptors (Lipinski definition) is 4. The van der Waals surface area contributed by atoms with E-state index in [0.29, 0.717) is 19.3 Å². The predicted octanol–water partition coefficient (Wildman–Crippen LogP) is 1.74. The molecule has 4 heteroatoms. The minimum absolute atomic E-state index is 0.196. The molecule has 2 aliphatic rings. The van der Waals surface area contributed by atoms with Gasteiger partial charge < -0.3 is 15.2 Å². The minimum Gasteiger partial charge on any atom is -0.347 e. The van der Waals surface area contributed by atoms with Crippen LogP contribution < -0.4 is 5.73 Å². The summed E-state index contributed by atoms with van der Waals surface area (Å²) in [5.41, 5.74) is 7.65. The molecule has 0 radical (unpaired) electrons. The quantitative estimate of drug-likeness (QED) is 0.913. The third-order valence-corrected chi connectivity index (χ3v) is 4.53. The summed E-state index contributed by atoms with van der Waals surface area (Å²) in [6, 6.07) is 11.0. The fraction of sp³-hybridized carbons (Fsp3) is 0.625. The molecule has 20 heavy (non-hydrogen) atoms. The molecule has 0 amide bonds. The number of ether oxygens (including phenoxy) is 2. The number of rotatable bonds is 3. The molecule has 0 bridgehead atoms. The van der Waals surface area contributed by atoms with Crippen LogP contribution in [-0.4, -0.2) is 43.0 Å². The van der Waals surface area contributed by atoms with Crippen LogP contribution in [0, 0.1) is 0 Å². The van der Waals surface area contributed by atoms with E-state index in [9.17, 15) is 0 Å². The SMILES string of the molecule is CN(Cc1ccccc1)[C@H]1CC2(CC[C@@H]1N)OCCO2. The average molecular weight is 276 g/mol. The van der Waals surface area contributed by atoms with Gasteiger partial charge in [0.1, 0.15) is 0 Å². The van der Waals surface area contributed by atoms with E-state index < -0.39 is 0 Å². The summed E-state index contributed by atoms with van der Waals surface area (Å²) in [6.07, 6.45) is 2.76. The van der Waals surface area contributed by atoms with E-state index in [0.717, 1.165) is 25.8 Å². The van der Waals surface area contributed by atoms with E-state index in [1.165, 1.54) is 5.56 Å². The molecule has 2 N–H and O–H groups in total. The molecule has 1 aromatic rings. The Kier molecular flexibility index (Phi) is 4.08. The summed E-state index contributed by atoms with van der Waals surface area (Å²) in [7, 11) is 2.14. The maximum absolute atomic E-state index is 6.33. The van der Waals surface area contributed by atoms with E-state index in [1.54, 1.807) is 0 Å². The molecule has 2 fully saturated rings. The Morgan fingerprint density at radius 1 is 1.25 bits per heavy atom. The Balaban J connectivity index is 1.67. The van der Waals surface area contributed by atoms with Crippen molar-refractivity contribution in [3.63, 3.8) is 0 Å². The van der Waals surface area contributed by atoms with Crippen LogP contribution in [0.1, 0.15) is 24.8 Å². The molecule has 1 aromatic carbocycles. The highest BCUT2D eigenvalue weighted by Gasteiger charge is 2.45. The monoisotopic (exact) mass is 276 g/mol. The van der Waals surface area contributed by atoms with Gasteiger partial charge >= 0.3 is 0 Å². The van der Waals surface area contributed by atoms with E-state index in [4.69, 9.17) is 15.2 Å². The number of benzene rings is 1. The molecular formula is C16H24N2O2. The van der Waals surface area contributed by atoms with Crippen LogP contribution >= 0.6 is 0 Å². The van der Waals surface area contributed by atoms with Crippen molar-refractivity contribution in [2.75, 3.05) is 20.3 Å². The summed E-state index contributed by atoms with van der Waals surface area (Å²) >= 11 is 0. The smallest absolute Gasteiger partial charge is 0.170 e. The molecule has 110 valence electrons. The summed E-state index contributed by atoms with van der Waals surface area (Å²) in [5.74, 6) is -0.370. The summed E-state index contributed by atoms with van der Waals surface area (Å²) in [5, 5.41) is 0. The number of likely N-dealkylation sites (N-methyl/N-ethyl adjacent to an activating group) is 1. The molecule has 2 atom stereocenters. The van der Waals surface area contributed by atoms with Crippen LogP contribution in [0.5, 0.6) is 0 Å². The lowest BCUT2D eigenvalue weighted by Crippen LogP contribution is -2.55. The molecule has 1 saturated heterocycles. The summed E-state index contributed by atoms with van der Waals surface area (Å²) < 4.78 is 11.7. The zero-order valence-electron chi connectivity index (χ0n) is 12.1. The molecule has 3 rings (SSSR count). The van der Waals surface area contributed by atoms with Gasteiger partial charge in [0.05, 0.1) is 13.2 Å². The Morgan fingerprint density at radius 2 is 1.95 bits per heavy atom. The molecule has 4 nitrogen and oxygen atoms in total. The molecule has 0 aromatic heterocycles. The topological polar surface area (TPSA) is 47.7 Å². The molecule has 1 heterocycles. The van der Waals surface area contributed by atoms with Crippen LogP contribution in [0.2, 0.25) is 0 Å². The molecule has 1 spiro atoms. The number of nitrogens with two attached hydrogens (primary N) is 1. The molecule has 1 aliphatic carbocycles. The Bertz CT molecular complexity index is 431. The fourth-order valence-electron chi connectivity index (χ4n) is 3.38. The zero-order valence-corrected chi connectivity index (χ0v) is 12.1. The van der Waals surface area contributed by atoms with Crippen molar-refractivity contribution in [1.82, 2.24) is 4.90 Å². The van der Waals surface area contributed by atoms with Gasteiger partial charge in [-0.3, -0.25) is 4.90 Å². The van der Waals surface area contributed by atoms with Gasteiger partial charge in [0.25, 0.3) is 0 Å². The molecular weight excluding hydrogens is 252 g/mol. The summed E-state index contributed by atoms with van der Waals surface area (Å²) in [6.45, 7) is 2.34. The Labute approximate surface area is 120 Å². The maximum Gasteiger partial charge on any atom is 0.170 e. The lowest BCUT2D eigenvalue weighted by Gasteiger charge is -2.43. The van der Waals surface area contributed by atoms with E-state index in [2.05, 4.69) is 36.2 Å². The van der Waals surface area contributed by atoms with Crippen molar-refractivity contribution < 1.29 is 9.47 Å². The summed E-state index contributed by atoms with van der Waals surface area (Å²) in [4.78, 5) is 2.34. The normalized spacial score (nSPS) is 29.1. The second-order valence-electron chi connectivity index (χ2n) is 5.98. The molecule has 1 aliphatic heterocycles. The van der Waals surface area contributed by atoms with Crippen LogP contribution in [0.25, 0.3) is 0 Å². The zero-order chi connectivity index (χ0) is 14.0. The van der Waals surface area contributed by atoms with Crippen LogP contribution in [0.4, 0.5) is 0 Å². The lowest BCUT2D eigenvalue weighted by atomic mass is 9.85. The first-order valence-electron chi connectivity index (χ1n) is 7.46. The van der Waals surface area contributed by atoms with Gasteiger partial charge in [0.15, 0.2) is 5.79 Å². The molecule has 1 saturated carbocycles. The first kappa shape index (κ1) is 14.0. The largest absolute Gasteiger partial charge is 0.347 e. The Hall–Kier alpha value is -0.940. The van der Waals surface area contributed by atoms with Crippen molar-refractivity contribution >= 4 is 0 Å². The van der Waals surface area contributed by atoms with Gasteiger partial charge in [-0.05, 0) is 19.0 Å². The van der Waals surface area contributed by atoms with Crippen LogP contribution in [-0.2, 0) is 16.0 Å².